The zero-order valence-corrected chi connectivity index (χ0v) is 10.1. The predicted octanol–water partition coefficient (Wildman–Crippen LogP) is 2.97. The summed E-state index contributed by atoms with van der Waals surface area (Å²) in [6.07, 6.45) is 0. The second-order valence-corrected chi connectivity index (χ2v) is 4.93. The average molecular weight is 258 g/mol. The van der Waals surface area contributed by atoms with E-state index in [0.29, 0.717) is 11.0 Å². The highest BCUT2D eigenvalue weighted by atomic mass is 35.5. The monoisotopic (exact) mass is 257 g/mol. The highest BCUT2D eigenvalue weighted by molar-refractivity contribution is 7.15. The normalized spacial score (nSPS) is 10.4. The van der Waals surface area contributed by atoms with Gasteiger partial charge in [-0.3, -0.25) is 0 Å². The molecule has 0 radical (unpaired) electrons. The Morgan fingerprint density at radius 3 is 2.56 bits per heavy atom. The van der Waals surface area contributed by atoms with Crippen LogP contribution >= 0.6 is 22.9 Å². The lowest BCUT2D eigenvalue weighted by atomic mass is 10.3. The van der Waals surface area contributed by atoms with Crippen LogP contribution in [0.5, 0.6) is 0 Å². The maximum Gasteiger partial charge on any atom is 0.207 e. The van der Waals surface area contributed by atoms with Gasteiger partial charge in [0.05, 0.1) is 6.54 Å². The van der Waals surface area contributed by atoms with E-state index >= 15 is 0 Å². The van der Waals surface area contributed by atoms with Gasteiger partial charge in [0.25, 0.3) is 0 Å². The molecule has 1 heterocycles. The Labute approximate surface area is 101 Å². The molecular weight excluding hydrogens is 249 g/mol. The second kappa shape index (κ2) is 4.76. The number of benzene rings is 1. The van der Waals surface area contributed by atoms with E-state index in [1.807, 2.05) is 11.9 Å². The molecule has 16 heavy (non-hydrogen) atoms. The first-order valence-electron chi connectivity index (χ1n) is 4.60. The molecule has 0 aliphatic heterocycles. The molecule has 0 saturated carbocycles. The van der Waals surface area contributed by atoms with Crippen molar-refractivity contribution < 1.29 is 4.39 Å². The number of halogens is 2. The van der Waals surface area contributed by atoms with Crippen molar-refractivity contribution in [2.45, 2.75) is 6.54 Å². The Morgan fingerprint density at radius 1 is 1.31 bits per heavy atom. The van der Waals surface area contributed by atoms with Crippen molar-refractivity contribution in [2.75, 3.05) is 11.9 Å². The molecule has 0 fully saturated rings. The molecule has 0 bridgehead atoms. The Balaban J connectivity index is 2.08. The van der Waals surface area contributed by atoms with Crippen LogP contribution in [0.1, 0.15) is 5.01 Å². The largest absolute Gasteiger partial charge is 0.368 e. The first-order valence-corrected chi connectivity index (χ1v) is 5.79. The van der Waals surface area contributed by atoms with E-state index in [1.165, 1.54) is 23.5 Å². The summed E-state index contributed by atoms with van der Waals surface area (Å²) in [6.45, 7) is 0.607. The van der Waals surface area contributed by atoms with Crippen molar-refractivity contribution in [2.24, 2.45) is 0 Å². The van der Waals surface area contributed by atoms with Gasteiger partial charge in [-0.1, -0.05) is 11.3 Å². The minimum Gasteiger partial charge on any atom is -0.368 e. The number of anilines is 1. The molecule has 0 aliphatic carbocycles. The van der Waals surface area contributed by atoms with Gasteiger partial charge in [-0.05, 0) is 35.9 Å². The fraction of sp³-hybridized carbons (Fsp3) is 0.200. The second-order valence-electron chi connectivity index (χ2n) is 3.28. The molecule has 3 nitrogen and oxygen atoms in total. The van der Waals surface area contributed by atoms with Crippen LogP contribution in [-0.4, -0.2) is 17.2 Å². The van der Waals surface area contributed by atoms with Gasteiger partial charge < -0.3 is 4.90 Å². The van der Waals surface area contributed by atoms with Gasteiger partial charge in [-0.2, -0.15) is 0 Å². The van der Waals surface area contributed by atoms with Crippen LogP contribution in [0, 0.1) is 5.82 Å². The molecule has 1 aromatic carbocycles. The molecule has 0 amide bonds. The van der Waals surface area contributed by atoms with Gasteiger partial charge in [-0.15, -0.1) is 10.2 Å². The van der Waals surface area contributed by atoms with Gasteiger partial charge in [0.2, 0.25) is 4.47 Å². The van der Waals surface area contributed by atoms with E-state index in [4.69, 9.17) is 11.6 Å². The van der Waals surface area contributed by atoms with E-state index in [1.54, 1.807) is 12.1 Å². The van der Waals surface area contributed by atoms with Crippen LogP contribution < -0.4 is 4.90 Å². The summed E-state index contributed by atoms with van der Waals surface area (Å²) in [4.78, 5) is 1.95. The number of aromatic nitrogens is 2. The zero-order valence-electron chi connectivity index (χ0n) is 8.52. The molecule has 0 saturated heterocycles. The van der Waals surface area contributed by atoms with Crippen LogP contribution in [0.15, 0.2) is 24.3 Å². The maximum atomic E-state index is 12.7. The first-order chi connectivity index (χ1) is 7.65. The fourth-order valence-corrected chi connectivity index (χ4v) is 2.21. The molecule has 0 spiro atoms. The third-order valence-corrected chi connectivity index (χ3v) is 3.09. The van der Waals surface area contributed by atoms with Crippen molar-refractivity contribution >= 4 is 28.6 Å². The number of hydrogen-bond donors (Lipinski definition) is 0. The molecule has 0 unspecified atom stereocenters. The highest BCUT2D eigenvalue weighted by Crippen LogP contribution is 2.19. The van der Waals surface area contributed by atoms with Crippen molar-refractivity contribution in [1.82, 2.24) is 10.2 Å². The Bertz CT molecular complexity index is 471. The lowest BCUT2D eigenvalue weighted by molar-refractivity contribution is 0.627. The van der Waals surface area contributed by atoms with Crippen molar-refractivity contribution in [3.63, 3.8) is 0 Å². The minimum absolute atomic E-state index is 0.240. The number of hydrogen-bond acceptors (Lipinski definition) is 4. The molecule has 2 aromatic rings. The molecule has 84 valence electrons. The van der Waals surface area contributed by atoms with E-state index in [-0.39, 0.29) is 5.82 Å². The molecule has 0 aliphatic rings. The summed E-state index contributed by atoms with van der Waals surface area (Å²) in [5.41, 5.74) is 0.924. The van der Waals surface area contributed by atoms with Gasteiger partial charge in [0, 0.05) is 12.7 Å². The van der Waals surface area contributed by atoms with Gasteiger partial charge in [-0.25, -0.2) is 4.39 Å². The summed E-state index contributed by atoms with van der Waals surface area (Å²) in [6, 6.07) is 6.30. The van der Waals surface area contributed by atoms with Crippen molar-refractivity contribution in [3.8, 4) is 0 Å². The van der Waals surface area contributed by atoms with E-state index < -0.39 is 0 Å². The summed E-state index contributed by atoms with van der Waals surface area (Å²) in [5.74, 6) is -0.240. The zero-order chi connectivity index (χ0) is 11.5. The van der Waals surface area contributed by atoms with Crippen LogP contribution in [0.2, 0.25) is 4.47 Å². The maximum absolute atomic E-state index is 12.7. The molecule has 0 N–H and O–H groups in total. The average Bonchev–Trinajstić information content (AvgIpc) is 2.65. The third-order valence-electron chi connectivity index (χ3n) is 2.08. The van der Waals surface area contributed by atoms with Crippen LogP contribution in [-0.2, 0) is 6.54 Å². The molecular formula is C10H9ClFN3S. The fourth-order valence-electron chi connectivity index (χ4n) is 1.29. The molecule has 6 heteroatoms. The summed E-state index contributed by atoms with van der Waals surface area (Å²) < 4.78 is 13.2. The van der Waals surface area contributed by atoms with E-state index in [2.05, 4.69) is 10.2 Å². The first kappa shape index (κ1) is 11.3. The van der Waals surface area contributed by atoms with Gasteiger partial charge >= 0.3 is 0 Å². The smallest absolute Gasteiger partial charge is 0.207 e. The van der Waals surface area contributed by atoms with Gasteiger partial charge in [0.15, 0.2) is 0 Å². The third kappa shape index (κ3) is 2.68. The van der Waals surface area contributed by atoms with Crippen molar-refractivity contribution in [3.05, 3.63) is 39.6 Å². The Kier molecular flexibility index (Phi) is 3.36. The number of nitrogens with zero attached hydrogens (tertiary/aromatic N) is 3. The van der Waals surface area contributed by atoms with Crippen LogP contribution in [0.3, 0.4) is 0 Å². The van der Waals surface area contributed by atoms with E-state index in [9.17, 15) is 4.39 Å². The summed E-state index contributed by atoms with van der Waals surface area (Å²) >= 11 is 7.03. The lowest BCUT2D eigenvalue weighted by Crippen LogP contribution is -2.16. The molecule has 1 aromatic heterocycles. The van der Waals surface area contributed by atoms with Crippen LogP contribution in [0.25, 0.3) is 0 Å². The van der Waals surface area contributed by atoms with Gasteiger partial charge in [0.1, 0.15) is 10.8 Å². The Morgan fingerprint density at radius 2 is 2.00 bits per heavy atom. The summed E-state index contributed by atoms with van der Waals surface area (Å²) in [5, 5.41) is 8.47. The molecule has 0 atom stereocenters. The highest BCUT2D eigenvalue weighted by Gasteiger charge is 2.06. The standard InChI is InChI=1S/C10H9ClFN3S/c1-15(6-9-13-14-10(11)16-9)8-4-2-7(12)3-5-8/h2-5H,6H2,1H3. The Hall–Kier alpha value is -1.20. The quantitative estimate of drug-likeness (QED) is 0.847. The van der Waals surface area contributed by atoms with Crippen molar-refractivity contribution in [1.29, 1.82) is 0 Å². The lowest BCUT2D eigenvalue weighted by Gasteiger charge is -2.17. The topological polar surface area (TPSA) is 29.0 Å². The molecule has 2 rings (SSSR count). The minimum atomic E-state index is -0.240. The number of rotatable bonds is 3. The SMILES string of the molecule is CN(Cc1nnc(Cl)s1)c1ccc(F)cc1. The van der Waals surface area contributed by atoms with E-state index in [0.717, 1.165) is 10.7 Å². The predicted molar refractivity (Wildman–Crippen MR) is 63.4 cm³/mol. The summed E-state index contributed by atoms with van der Waals surface area (Å²) in [7, 11) is 1.91. The van der Waals surface area contributed by atoms with Crippen LogP contribution in [0.4, 0.5) is 10.1 Å².